The smallest absolute Gasteiger partial charge is 0.407 e. The maximum Gasteiger partial charge on any atom is 0.407 e. The lowest BCUT2D eigenvalue weighted by atomic mass is 10.0. The second kappa shape index (κ2) is 10.4. The van der Waals surface area contributed by atoms with E-state index < -0.39 is 23.8 Å². The van der Waals surface area contributed by atoms with Crippen LogP contribution in [-0.2, 0) is 11.2 Å². The molecule has 1 rings (SSSR count). The van der Waals surface area contributed by atoms with E-state index >= 15 is 0 Å². The fourth-order valence-electron chi connectivity index (χ4n) is 2.10. The molecule has 1 aromatic rings. The molecular formula is C21H37NO4. The van der Waals surface area contributed by atoms with Gasteiger partial charge in [-0.1, -0.05) is 26.0 Å². The van der Waals surface area contributed by atoms with Crippen LogP contribution in [0.25, 0.3) is 0 Å². The Morgan fingerprint density at radius 3 is 1.92 bits per heavy atom. The quantitative estimate of drug-likeness (QED) is 0.791. The Morgan fingerprint density at radius 1 is 1.04 bits per heavy atom. The van der Waals surface area contributed by atoms with Crippen molar-refractivity contribution in [3.8, 4) is 5.75 Å². The summed E-state index contributed by atoms with van der Waals surface area (Å²) in [4.78, 5) is 11.9. The number of amides is 1. The number of alkyl carbamates (subject to hydrolysis) is 1. The molecule has 0 saturated carbocycles. The molecule has 0 bridgehead atoms. The lowest BCUT2D eigenvalue weighted by Gasteiger charge is -2.25. The molecule has 2 N–H and O–H groups in total. The van der Waals surface area contributed by atoms with Crippen LogP contribution in [-0.4, -0.2) is 34.5 Å². The minimum atomic E-state index is -0.692. The third-order valence-corrected chi connectivity index (χ3v) is 3.09. The summed E-state index contributed by atoms with van der Waals surface area (Å²) in [7, 11) is 0. The predicted octanol–water partition coefficient (Wildman–Crippen LogP) is 4.71. The topological polar surface area (TPSA) is 67.8 Å². The highest BCUT2D eigenvalue weighted by Crippen LogP contribution is 2.19. The third-order valence-electron chi connectivity index (χ3n) is 3.09. The molecule has 0 radical (unpaired) electrons. The number of hydrogen-bond donors (Lipinski definition) is 2. The zero-order valence-corrected chi connectivity index (χ0v) is 17.8. The molecule has 0 aromatic heterocycles. The molecule has 2 atom stereocenters. The Labute approximate surface area is 159 Å². The van der Waals surface area contributed by atoms with Crippen molar-refractivity contribution in [3.05, 3.63) is 29.8 Å². The third kappa shape index (κ3) is 11.0. The summed E-state index contributed by atoms with van der Waals surface area (Å²) in [5.74, 6) is 0.792. The summed E-state index contributed by atoms with van der Waals surface area (Å²) in [6, 6.07) is 7.25. The molecule has 1 aromatic carbocycles. The maximum atomic E-state index is 11.9. The van der Waals surface area contributed by atoms with Gasteiger partial charge in [-0.25, -0.2) is 4.79 Å². The molecule has 0 fully saturated rings. The Morgan fingerprint density at radius 2 is 1.54 bits per heavy atom. The Bertz CT molecular complexity index is 524. The first-order valence-corrected chi connectivity index (χ1v) is 9.31. The van der Waals surface area contributed by atoms with Crippen molar-refractivity contribution in [2.24, 2.45) is 0 Å². The molecule has 0 aliphatic carbocycles. The molecule has 26 heavy (non-hydrogen) atoms. The van der Waals surface area contributed by atoms with Gasteiger partial charge in [0, 0.05) is 0 Å². The van der Waals surface area contributed by atoms with Crippen LogP contribution in [0.2, 0.25) is 0 Å². The van der Waals surface area contributed by atoms with Crippen LogP contribution < -0.4 is 10.1 Å². The number of ether oxygens (including phenoxy) is 2. The Balaban J connectivity index is 0.00000301. The minimum absolute atomic E-state index is 0.248. The van der Waals surface area contributed by atoms with Gasteiger partial charge in [0.25, 0.3) is 0 Å². The molecule has 1 amide bonds. The zero-order valence-electron chi connectivity index (χ0n) is 17.8. The summed E-state index contributed by atoms with van der Waals surface area (Å²) in [6.07, 6.45) is -0.712. The van der Waals surface area contributed by atoms with Crippen molar-refractivity contribution < 1.29 is 19.4 Å². The fourth-order valence-corrected chi connectivity index (χ4v) is 2.10. The van der Waals surface area contributed by atoms with Gasteiger partial charge in [-0.2, -0.15) is 0 Å². The number of aliphatic hydroxyl groups is 1. The van der Waals surface area contributed by atoms with E-state index in [9.17, 15) is 9.90 Å². The van der Waals surface area contributed by atoms with Crippen molar-refractivity contribution in [2.45, 2.75) is 92.1 Å². The fraction of sp³-hybridized carbons (Fsp3) is 0.667. The summed E-state index contributed by atoms with van der Waals surface area (Å²) in [5.41, 5.74) is 0.180. The molecule has 0 heterocycles. The molecule has 2 unspecified atom stereocenters. The number of benzene rings is 1. The highest BCUT2D eigenvalue weighted by atomic mass is 16.6. The van der Waals surface area contributed by atoms with Gasteiger partial charge in [-0.15, -0.1) is 0 Å². The SMILES string of the molecule is CC.CC(O)C(Cc1ccc(OC(C)(C)C)cc1)NC(=O)OC(C)(C)C. The van der Waals surface area contributed by atoms with Crippen molar-refractivity contribution in [3.63, 3.8) is 0 Å². The van der Waals surface area contributed by atoms with Gasteiger partial charge in [-0.05, 0) is 72.6 Å². The van der Waals surface area contributed by atoms with Crippen LogP contribution in [0.5, 0.6) is 5.75 Å². The van der Waals surface area contributed by atoms with E-state index in [1.54, 1.807) is 27.7 Å². The van der Waals surface area contributed by atoms with E-state index in [1.807, 2.05) is 58.9 Å². The molecule has 0 spiro atoms. The first kappa shape index (κ1) is 24.2. The van der Waals surface area contributed by atoms with Crippen LogP contribution >= 0.6 is 0 Å². The average molecular weight is 368 g/mol. The number of hydrogen-bond acceptors (Lipinski definition) is 4. The highest BCUT2D eigenvalue weighted by molar-refractivity contribution is 5.68. The van der Waals surface area contributed by atoms with E-state index in [4.69, 9.17) is 9.47 Å². The van der Waals surface area contributed by atoms with Gasteiger partial charge in [-0.3, -0.25) is 0 Å². The average Bonchev–Trinajstić information content (AvgIpc) is 2.47. The second-order valence-electron chi connectivity index (χ2n) is 8.06. The van der Waals surface area contributed by atoms with Crippen LogP contribution in [0.15, 0.2) is 24.3 Å². The number of aliphatic hydroxyl groups excluding tert-OH is 1. The van der Waals surface area contributed by atoms with E-state index in [0.717, 1.165) is 11.3 Å². The van der Waals surface area contributed by atoms with Gasteiger partial charge in [0.05, 0.1) is 12.1 Å². The number of nitrogens with one attached hydrogen (secondary N) is 1. The second-order valence-corrected chi connectivity index (χ2v) is 8.06. The van der Waals surface area contributed by atoms with Crippen LogP contribution in [0.1, 0.15) is 67.9 Å². The van der Waals surface area contributed by atoms with Crippen LogP contribution in [0.4, 0.5) is 4.79 Å². The van der Waals surface area contributed by atoms with Crippen molar-refractivity contribution in [1.82, 2.24) is 5.32 Å². The van der Waals surface area contributed by atoms with Gasteiger partial charge in [0.1, 0.15) is 17.0 Å². The molecule has 5 heteroatoms. The molecule has 0 aliphatic rings. The first-order chi connectivity index (χ1) is 11.9. The van der Waals surface area contributed by atoms with Crippen molar-refractivity contribution in [1.29, 1.82) is 0 Å². The van der Waals surface area contributed by atoms with Gasteiger partial charge < -0.3 is 19.9 Å². The molecule has 5 nitrogen and oxygen atoms in total. The molecule has 0 aliphatic heterocycles. The highest BCUT2D eigenvalue weighted by Gasteiger charge is 2.22. The van der Waals surface area contributed by atoms with Gasteiger partial charge in [0.15, 0.2) is 0 Å². The van der Waals surface area contributed by atoms with E-state index in [-0.39, 0.29) is 5.60 Å². The van der Waals surface area contributed by atoms with Crippen molar-refractivity contribution >= 4 is 6.09 Å². The van der Waals surface area contributed by atoms with Crippen LogP contribution in [0.3, 0.4) is 0 Å². The Kier molecular flexibility index (Phi) is 9.71. The summed E-state index contributed by atoms with van der Waals surface area (Å²) < 4.78 is 11.0. The summed E-state index contributed by atoms with van der Waals surface area (Å²) >= 11 is 0. The first-order valence-electron chi connectivity index (χ1n) is 9.31. The monoisotopic (exact) mass is 367 g/mol. The van der Waals surface area contributed by atoms with Gasteiger partial charge >= 0.3 is 6.09 Å². The minimum Gasteiger partial charge on any atom is -0.488 e. The molecular weight excluding hydrogens is 330 g/mol. The molecule has 150 valence electrons. The Hall–Kier alpha value is -1.75. The predicted molar refractivity (Wildman–Crippen MR) is 107 cm³/mol. The normalized spacial score (nSPS) is 13.8. The largest absolute Gasteiger partial charge is 0.488 e. The van der Waals surface area contributed by atoms with E-state index in [1.165, 1.54) is 0 Å². The maximum absolute atomic E-state index is 11.9. The number of rotatable bonds is 5. The van der Waals surface area contributed by atoms with E-state index in [0.29, 0.717) is 6.42 Å². The lowest BCUT2D eigenvalue weighted by Crippen LogP contribution is -2.45. The van der Waals surface area contributed by atoms with Crippen molar-refractivity contribution in [2.75, 3.05) is 0 Å². The van der Waals surface area contributed by atoms with Gasteiger partial charge in [0.2, 0.25) is 0 Å². The standard InChI is InChI=1S/C19H31NO4.C2H6/c1-13(21)16(20-17(22)24-19(5,6)7)12-14-8-10-15(11-9-14)23-18(2,3)4;1-2/h8-11,13,16,21H,12H2,1-7H3,(H,20,22);1-2H3. The van der Waals surface area contributed by atoms with Crippen LogP contribution in [0, 0.1) is 0 Å². The number of carbonyl (C=O) groups excluding carboxylic acids is 1. The summed E-state index contributed by atoms with van der Waals surface area (Å²) in [6.45, 7) is 17.0. The zero-order chi connectivity index (χ0) is 20.5. The summed E-state index contributed by atoms with van der Waals surface area (Å²) in [5, 5.41) is 12.7. The molecule has 0 saturated heterocycles. The number of carbonyl (C=O) groups is 1. The lowest BCUT2D eigenvalue weighted by molar-refractivity contribution is 0.0437. The van der Waals surface area contributed by atoms with E-state index in [2.05, 4.69) is 5.32 Å².